The third-order valence-corrected chi connectivity index (χ3v) is 5.49. The Balaban J connectivity index is 1.42. The summed E-state index contributed by atoms with van der Waals surface area (Å²) in [4.78, 5) is 13.4. The van der Waals surface area contributed by atoms with Crippen LogP contribution in [0.4, 0.5) is 0 Å². The van der Waals surface area contributed by atoms with Crippen LogP contribution in [0.15, 0.2) is 36.9 Å². The zero-order chi connectivity index (χ0) is 21.1. The van der Waals surface area contributed by atoms with Crippen LogP contribution in [-0.2, 0) is 6.54 Å². The zero-order valence-electron chi connectivity index (χ0n) is 18.1. The van der Waals surface area contributed by atoms with E-state index in [0.717, 1.165) is 42.0 Å². The van der Waals surface area contributed by atoms with Gasteiger partial charge in [-0.15, -0.1) is 0 Å². The molecule has 158 valence electrons. The van der Waals surface area contributed by atoms with Crippen molar-refractivity contribution < 1.29 is 9.47 Å². The summed E-state index contributed by atoms with van der Waals surface area (Å²) >= 11 is 0. The van der Waals surface area contributed by atoms with Crippen LogP contribution in [0, 0.1) is 18.8 Å². The molecule has 0 radical (unpaired) electrons. The Kier molecular flexibility index (Phi) is 5.97. The lowest BCUT2D eigenvalue weighted by atomic mass is 10.1. The van der Waals surface area contributed by atoms with Crippen molar-refractivity contribution in [2.45, 2.75) is 46.1 Å². The van der Waals surface area contributed by atoms with E-state index in [2.05, 4.69) is 33.9 Å². The average molecular weight is 408 g/mol. The van der Waals surface area contributed by atoms with Gasteiger partial charge in [0.2, 0.25) is 5.88 Å². The largest absolute Gasteiger partial charge is 0.495 e. The molecule has 0 spiro atoms. The van der Waals surface area contributed by atoms with Crippen molar-refractivity contribution in [3.63, 3.8) is 0 Å². The van der Waals surface area contributed by atoms with Gasteiger partial charge in [-0.3, -0.25) is 9.67 Å². The minimum absolute atomic E-state index is 0.432. The van der Waals surface area contributed by atoms with Gasteiger partial charge in [-0.2, -0.15) is 10.1 Å². The Bertz CT molecular complexity index is 984. The Hall–Kier alpha value is -2.96. The lowest BCUT2D eigenvalue weighted by molar-refractivity contribution is 0.285. The van der Waals surface area contributed by atoms with Crippen molar-refractivity contribution in [2.24, 2.45) is 11.8 Å². The maximum atomic E-state index is 6.16. The van der Waals surface area contributed by atoms with Gasteiger partial charge in [0.15, 0.2) is 0 Å². The van der Waals surface area contributed by atoms with E-state index in [1.165, 1.54) is 0 Å². The molecule has 3 aromatic rings. The summed E-state index contributed by atoms with van der Waals surface area (Å²) in [5.41, 5.74) is 2.96. The standard InChI is InChI=1S/C23H29N5O2/c1-15(2)7-8-28-13-18(10-26-28)21-12-24-16(3)27-23(21)30-14-17-9-20(17)22-6-5-19(29-4)11-25-22/h5-6,10-13,15,17,20H,7-9,14H2,1-4H3/t17-,20+/m1/s1. The van der Waals surface area contributed by atoms with Gasteiger partial charge in [0.1, 0.15) is 11.6 Å². The number of hydrogen-bond donors (Lipinski definition) is 0. The van der Waals surface area contributed by atoms with Crippen molar-refractivity contribution >= 4 is 0 Å². The number of hydrogen-bond acceptors (Lipinski definition) is 6. The minimum Gasteiger partial charge on any atom is -0.495 e. The second-order valence-corrected chi connectivity index (χ2v) is 8.35. The highest BCUT2D eigenvalue weighted by Crippen LogP contribution is 2.47. The normalized spacial score (nSPS) is 17.9. The van der Waals surface area contributed by atoms with Gasteiger partial charge in [0, 0.05) is 42.0 Å². The van der Waals surface area contributed by atoms with Gasteiger partial charge in [0.25, 0.3) is 0 Å². The monoisotopic (exact) mass is 407 g/mol. The molecule has 1 saturated carbocycles. The van der Waals surface area contributed by atoms with Crippen LogP contribution >= 0.6 is 0 Å². The molecule has 0 aromatic carbocycles. The predicted molar refractivity (Wildman–Crippen MR) is 115 cm³/mol. The molecule has 0 amide bonds. The zero-order valence-corrected chi connectivity index (χ0v) is 18.1. The maximum absolute atomic E-state index is 6.16. The fourth-order valence-electron chi connectivity index (χ4n) is 3.48. The maximum Gasteiger partial charge on any atom is 0.224 e. The number of rotatable bonds is 9. The first-order chi connectivity index (χ1) is 14.5. The van der Waals surface area contributed by atoms with E-state index in [0.29, 0.717) is 36.1 Å². The van der Waals surface area contributed by atoms with Crippen LogP contribution in [0.2, 0.25) is 0 Å². The summed E-state index contributed by atoms with van der Waals surface area (Å²) in [6.07, 6.45) is 9.68. The fourth-order valence-corrected chi connectivity index (χ4v) is 3.48. The summed E-state index contributed by atoms with van der Waals surface area (Å²) in [7, 11) is 1.65. The van der Waals surface area contributed by atoms with Gasteiger partial charge < -0.3 is 9.47 Å². The van der Waals surface area contributed by atoms with Crippen LogP contribution in [0.3, 0.4) is 0 Å². The molecule has 7 nitrogen and oxygen atoms in total. The van der Waals surface area contributed by atoms with Crippen molar-refractivity contribution in [1.82, 2.24) is 24.7 Å². The minimum atomic E-state index is 0.432. The first-order valence-corrected chi connectivity index (χ1v) is 10.5. The Morgan fingerprint density at radius 3 is 2.77 bits per heavy atom. The number of pyridine rings is 1. The molecule has 7 heteroatoms. The van der Waals surface area contributed by atoms with Crippen molar-refractivity contribution in [3.05, 3.63) is 48.4 Å². The lowest BCUT2D eigenvalue weighted by Gasteiger charge is -2.10. The molecule has 1 aliphatic carbocycles. The molecular formula is C23H29N5O2. The fraction of sp³-hybridized carbons (Fsp3) is 0.478. The van der Waals surface area contributed by atoms with E-state index in [1.54, 1.807) is 13.3 Å². The van der Waals surface area contributed by atoms with Crippen LogP contribution in [-0.4, -0.2) is 38.4 Å². The molecular weight excluding hydrogens is 378 g/mol. The van der Waals surface area contributed by atoms with Gasteiger partial charge >= 0.3 is 0 Å². The molecule has 3 heterocycles. The van der Waals surface area contributed by atoms with E-state index in [1.807, 2.05) is 42.3 Å². The number of nitrogens with zero attached hydrogens (tertiary/aromatic N) is 5. The lowest BCUT2D eigenvalue weighted by Crippen LogP contribution is -2.05. The van der Waals surface area contributed by atoms with Crippen LogP contribution in [0.25, 0.3) is 11.1 Å². The predicted octanol–water partition coefficient (Wildman–Crippen LogP) is 4.28. The van der Waals surface area contributed by atoms with Crippen LogP contribution < -0.4 is 9.47 Å². The highest BCUT2D eigenvalue weighted by molar-refractivity contribution is 5.66. The molecule has 1 fully saturated rings. The first kappa shape index (κ1) is 20.3. The van der Waals surface area contributed by atoms with Crippen LogP contribution in [0.5, 0.6) is 11.6 Å². The van der Waals surface area contributed by atoms with E-state index >= 15 is 0 Å². The van der Waals surface area contributed by atoms with Crippen LogP contribution in [0.1, 0.15) is 44.1 Å². The molecule has 0 unspecified atom stereocenters. The summed E-state index contributed by atoms with van der Waals surface area (Å²) in [5, 5.41) is 4.49. The topological polar surface area (TPSA) is 75.0 Å². The van der Waals surface area contributed by atoms with Gasteiger partial charge in [-0.1, -0.05) is 13.8 Å². The molecule has 0 aliphatic heterocycles. The summed E-state index contributed by atoms with van der Waals surface area (Å²) in [6, 6.07) is 4.00. The summed E-state index contributed by atoms with van der Waals surface area (Å²) < 4.78 is 13.3. The molecule has 3 aromatic heterocycles. The smallest absolute Gasteiger partial charge is 0.224 e. The SMILES string of the molecule is COc1ccc([C@H]2C[C@@H]2COc2nc(C)ncc2-c2cnn(CCC(C)C)c2)nc1. The van der Waals surface area contributed by atoms with Gasteiger partial charge in [0.05, 0.1) is 31.7 Å². The average Bonchev–Trinajstić information content (AvgIpc) is 3.37. The second-order valence-electron chi connectivity index (χ2n) is 8.35. The highest BCUT2D eigenvalue weighted by atomic mass is 16.5. The number of aromatic nitrogens is 5. The molecule has 4 rings (SSSR count). The number of methoxy groups -OCH3 is 1. The summed E-state index contributed by atoms with van der Waals surface area (Å²) in [6.45, 7) is 7.83. The van der Waals surface area contributed by atoms with Gasteiger partial charge in [-0.05, 0) is 37.8 Å². The van der Waals surface area contributed by atoms with Gasteiger partial charge in [-0.25, -0.2) is 4.98 Å². The highest BCUT2D eigenvalue weighted by Gasteiger charge is 2.40. The van der Waals surface area contributed by atoms with E-state index in [4.69, 9.17) is 9.47 Å². The van der Waals surface area contributed by atoms with E-state index in [9.17, 15) is 0 Å². The van der Waals surface area contributed by atoms with E-state index in [-0.39, 0.29) is 0 Å². The Labute approximate surface area is 177 Å². The number of ether oxygens (including phenoxy) is 2. The first-order valence-electron chi connectivity index (χ1n) is 10.5. The second kappa shape index (κ2) is 8.81. The molecule has 0 bridgehead atoms. The molecule has 0 saturated heterocycles. The molecule has 0 N–H and O–H groups in total. The Morgan fingerprint density at radius 2 is 2.03 bits per heavy atom. The third kappa shape index (κ3) is 4.78. The number of aryl methyl sites for hydroxylation is 2. The molecule has 2 atom stereocenters. The van der Waals surface area contributed by atoms with Crippen molar-refractivity contribution in [2.75, 3.05) is 13.7 Å². The summed E-state index contributed by atoms with van der Waals surface area (Å²) in [5.74, 6) is 3.63. The third-order valence-electron chi connectivity index (χ3n) is 5.49. The molecule has 1 aliphatic rings. The quantitative estimate of drug-likeness (QED) is 0.527. The van der Waals surface area contributed by atoms with Crippen molar-refractivity contribution in [3.8, 4) is 22.8 Å². The molecule has 30 heavy (non-hydrogen) atoms. The Morgan fingerprint density at radius 1 is 1.17 bits per heavy atom. The van der Waals surface area contributed by atoms with Crippen molar-refractivity contribution in [1.29, 1.82) is 0 Å². The van der Waals surface area contributed by atoms with E-state index < -0.39 is 0 Å².